The summed E-state index contributed by atoms with van der Waals surface area (Å²) in [4.78, 5) is 0. The molecule has 1 aliphatic heterocycles. The van der Waals surface area contributed by atoms with Crippen LogP contribution in [0.2, 0.25) is 0 Å². The zero-order chi connectivity index (χ0) is 6.74. The molecule has 73 valence electrons. The molecule has 0 saturated heterocycles. The minimum Gasteiger partial charge on any atom is -0.320 e. The fourth-order valence-electron chi connectivity index (χ4n) is 1.06. The highest BCUT2D eigenvalue weighted by atomic mass is 31.2. The maximum Gasteiger partial charge on any atom is 0.105 e. The Morgan fingerprint density at radius 1 is 1.33 bits per heavy atom. The molecule has 0 aromatic carbocycles. The second-order valence-corrected chi connectivity index (χ2v) is 5.87. The number of hydrogen-bond donors (Lipinski definition) is 0. The molecule has 0 aromatic heterocycles. The van der Waals surface area contributed by atoms with Gasteiger partial charge in [0.1, 0.15) is 7.14 Å². The first-order valence-electron chi connectivity index (χ1n) is 3.45. The maximum atomic E-state index is 11.4. The van der Waals surface area contributed by atoms with Gasteiger partial charge in [-0.3, -0.25) is 0 Å². The van der Waals surface area contributed by atoms with Crippen LogP contribution in [0.5, 0.6) is 0 Å². The Labute approximate surface area is 81.1 Å². The van der Waals surface area contributed by atoms with Gasteiger partial charge in [0, 0.05) is 16.0 Å². The van der Waals surface area contributed by atoms with Crippen molar-refractivity contribution >= 4 is 15.6 Å². The molecule has 0 aliphatic carbocycles. The first-order chi connectivity index (χ1) is 4.21. The van der Waals surface area contributed by atoms with Gasteiger partial charge < -0.3 is 4.57 Å². The zero-order valence-electron chi connectivity index (χ0n) is 6.42. The summed E-state index contributed by atoms with van der Waals surface area (Å²) < 4.78 is 11.4. The smallest absolute Gasteiger partial charge is 0.105 e. The average Bonchev–Trinajstić information content (AvgIpc) is 1.92. The number of allylic oxidation sites excluding steroid dienone is 1. The number of rotatable bonds is 0. The van der Waals surface area contributed by atoms with Gasteiger partial charge in [-0.1, -0.05) is 20.9 Å². The van der Waals surface area contributed by atoms with Gasteiger partial charge in [0.25, 0.3) is 0 Å². The molecule has 3 radical (unpaired) electrons. The van der Waals surface area contributed by atoms with Crippen molar-refractivity contribution in [2.24, 2.45) is 0 Å². The van der Waals surface area contributed by atoms with Crippen molar-refractivity contribution in [2.45, 2.75) is 34.1 Å². The molecule has 0 bridgehead atoms. The van der Waals surface area contributed by atoms with Crippen LogP contribution >= 0.6 is 7.14 Å². The quantitative estimate of drug-likeness (QED) is 0.419. The summed E-state index contributed by atoms with van der Waals surface area (Å²) in [5.41, 5.74) is 0. The van der Waals surface area contributed by atoms with E-state index in [1.54, 1.807) is 0 Å². The Bertz CT molecular complexity index is 171. The van der Waals surface area contributed by atoms with Crippen LogP contribution in [0.3, 0.4) is 0 Å². The van der Waals surface area contributed by atoms with Gasteiger partial charge in [0.15, 0.2) is 0 Å². The van der Waals surface area contributed by atoms with Gasteiger partial charge in [-0.05, 0) is 31.7 Å². The molecule has 1 heterocycles. The van der Waals surface area contributed by atoms with Crippen molar-refractivity contribution in [1.82, 2.24) is 0 Å². The summed E-state index contributed by atoms with van der Waals surface area (Å²) in [6, 6.07) is 0. The molecule has 0 saturated carbocycles. The standard InChI is InChI=1S/C7H13OP.2CH4.B.H2/c1-9(8)6-4-2-3-5-7-9;;;;/h4,6H,2-3,5,7H2,1H3;2*1H4;;1H/i;;;;1+1. The zero-order valence-corrected chi connectivity index (χ0v) is 7.31. The first-order valence-corrected chi connectivity index (χ1v) is 5.85. The van der Waals surface area contributed by atoms with Crippen molar-refractivity contribution in [3.8, 4) is 0 Å². The first kappa shape index (κ1) is 18.0. The normalized spacial score (nSPS) is 27.1. The van der Waals surface area contributed by atoms with Crippen LogP contribution in [0.15, 0.2) is 11.9 Å². The van der Waals surface area contributed by atoms with Crippen LogP contribution in [-0.4, -0.2) is 21.2 Å². The molecule has 1 unspecified atom stereocenters. The Morgan fingerprint density at radius 3 is 2.50 bits per heavy atom. The van der Waals surface area contributed by atoms with Crippen LogP contribution < -0.4 is 0 Å². The fourth-order valence-corrected chi connectivity index (χ4v) is 2.66. The molecule has 1 nitrogen and oxygen atoms in total. The van der Waals surface area contributed by atoms with Gasteiger partial charge in [-0.25, -0.2) is 0 Å². The van der Waals surface area contributed by atoms with Crippen LogP contribution in [0.25, 0.3) is 0 Å². The van der Waals surface area contributed by atoms with Crippen LogP contribution in [0.1, 0.15) is 35.5 Å². The highest BCUT2D eigenvalue weighted by molar-refractivity contribution is 7.66. The van der Waals surface area contributed by atoms with E-state index in [0.717, 1.165) is 19.0 Å². The molecule has 0 N–H and O–H groups in total. The van der Waals surface area contributed by atoms with Gasteiger partial charge in [0.05, 0.1) is 0 Å². The van der Waals surface area contributed by atoms with Crippen LogP contribution in [0, 0.1) is 0 Å². The van der Waals surface area contributed by atoms with E-state index in [1.807, 2.05) is 12.5 Å². The second kappa shape index (κ2) is 7.67. The van der Waals surface area contributed by atoms with Crippen LogP contribution in [-0.2, 0) is 4.57 Å². The average molecular weight is 190 g/mol. The lowest BCUT2D eigenvalue weighted by atomic mass is 10.3. The lowest BCUT2D eigenvalue weighted by Crippen LogP contribution is -1.81. The highest BCUT2D eigenvalue weighted by Crippen LogP contribution is 2.45. The van der Waals surface area contributed by atoms with Crippen molar-refractivity contribution in [3.05, 3.63) is 11.9 Å². The Morgan fingerprint density at radius 2 is 1.92 bits per heavy atom. The van der Waals surface area contributed by atoms with Crippen molar-refractivity contribution in [1.29, 1.82) is 0 Å². The largest absolute Gasteiger partial charge is 0.320 e. The molecule has 0 amide bonds. The molecule has 0 spiro atoms. The summed E-state index contributed by atoms with van der Waals surface area (Å²) in [6.07, 6.45) is 6.46. The third-order valence-corrected chi connectivity index (χ3v) is 3.69. The topological polar surface area (TPSA) is 17.1 Å². The molecule has 0 fully saturated rings. The Balaban J connectivity index is -0.000000101. The Hall–Kier alpha value is 0.0349. The Kier molecular flexibility index (Phi) is 11.5. The summed E-state index contributed by atoms with van der Waals surface area (Å²) >= 11 is 0. The molecular formula is C9H23BOP. The predicted octanol–water partition coefficient (Wildman–Crippen LogP) is 3.81. The third-order valence-electron chi connectivity index (χ3n) is 1.64. The van der Waals surface area contributed by atoms with E-state index >= 15 is 0 Å². The summed E-state index contributed by atoms with van der Waals surface area (Å²) in [7, 11) is -1.81. The minimum atomic E-state index is -1.81. The van der Waals surface area contributed by atoms with E-state index in [1.165, 1.54) is 6.42 Å². The predicted molar refractivity (Wildman–Crippen MR) is 62.7 cm³/mol. The molecule has 1 atom stereocenters. The van der Waals surface area contributed by atoms with Gasteiger partial charge in [-0.15, -0.1) is 0 Å². The van der Waals surface area contributed by atoms with Crippen molar-refractivity contribution < 1.29 is 5.99 Å². The van der Waals surface area contributed by atoms with E-state index in [9.17, 15) is 4.57 Å². The fraction of sp³-hybridized carbons (Fsp3) is 0.778. The highest BCUT2D eigenvalue weighted by Gasteiger charge is 2.11. The molecule has 1 aliphatic rings. The minimum absolute atomic E-state index is 0. The summed E-state index contributed by atoms with van der Waals surface area (Å²) in [6.45, 7) is 1.87. The second-order valence-electron chi connectivity index (χ2n) is 2.78. The third kappa shape index (κ3) is 6.73. The molecule has 3 heteroatoms. The van der Waals surface area contributed by atoms with E-state index in [-0.39, 0.29) is 24.7 Å². The van der Waals surface area contributed by atoms with Crippen molar-refractivity contribution in [3.63, 3.8) is 0 Å². The SMILES string of the molecule is C.C.CP1(=O)C=CCCCC1.[2HH].[B]. The van der Waals surface area contributed by atoms with Crippen molar-refractivity contribution in [2.75, 3.05) is 12.8 Å². The maximum absolute atomic E-state index is 11.4. The molecule has 12 heavy (non-hydrogen) atoms. The van der Waals surface area contributed by atoms with Gasteiger partial charge >= 0.3 is 0 Å². The molecular weight excluding hydrogens is 166 g/mol. The van der Waals surface area contributed by atoms with E-state index in [0.29, 0.717) is 0 Å². The number of hydrogen-bond acceptors (Lipinski definition) is 1. The lowest BCUT2D eigenvalue weighted by molar-refractivity contribution is 0.582. The van der Waals surface area contributed by atoms with Gasteiger partial charge in [-0.2, -0.15) is 0 Å². The molecule has 1 rings (SSSR count). The monoisotopic (exact) mass is 190 g/mol. The van der Waals surface area contributed by atoms with Crippen LogP contribution in [0.4, 0.5) is 0 Å². The van der Waals surface area contributed by atoms with E-state index < -0.39 is 7.14 Å². The van der Waals surface area contributed by atoms with E-state index in [4.69, 9.17) is 0 Å². The lowest BCUT2D eigenvalue weighted by Gasteiger charge is -2.02. The van der Waals surface area contributed by atoms with Gasteiger partial charge in [0.2, 0.25) is 0 Å². The van der Waals surface area contributed by atoms with E-state index in [2.05, 4.69) is 6.08 Å². The molecule has 0 aromatic rings. The summed E-state index contributed by atoms with van der Waals surface area (Å²) in [5, 5.41) is 0. The summed E-state index contributed by atoms with van der Waals surface area (Å²) in [5.74, 6) is 1.92.